The largest absolute Gasteiger partial charge is 0.392 e. The van der Waals surface area contributed by atoms with Crippen molar-refractivity contribution in [1.82, 2.24) is 0 Å². The number of ether oxygens (including phenoxy) is 1. The number of carbonyl (C=O) groups excluding carboxylic acids is 1. The third-order valence-electron chi connectivity index (χ3n) is 8.72. The molecule has 4 unspecified atom stereocenters. The van der Waals surface area contributed by atoms with Crippen LogP contribution >= 0.6 is 0 Å². The third kappa shape index (κ3) is 3.48. The number of fused-ring (bicyclic) bond motifs is 5. The van der Waals surface area contributed by atoms with Gasteiger partial charge in [-0.15, -0.1) is 0 Å². The normalized spacial score (nSPS) is 48.1. The lowest BCUT2D eigenvalue weighted by atomic mass is 9.44. The predicted molar refractivity (Wildman–Crippen MR) is 111 cm³/mol. The molecule has 0 aromatic carbocycles. The highest BCUT2D eigenvalue weighted by Gasteiger charge is 2.65. The molecule has 4 aliphatic rings. The molecule has 0 aromatic rings. The van der Waals surface area contributed by atoms with Gasteiger partial charge in [0.2, 0.25) is 0 Å². The summed E-state index contributed by atoms with van der Waals surface area (Å²) in [6.45, 7) is 11.9. The van der Waals surface area contributed by atoms with Crippen LogP contribution in [0.25, 0.3) is 0 Å². The minimum atomic E-state index is -1.18. The number of Topliss-reactive ketones (excluding diaryl/α,β-unsaturated/α-hetero) is 1. The minimum Gasteiger partial charge on any atom is -0.392 e. The lowest BCUT2D eigenvalue weighted by molar-refractivity contribution is -0.266. The lowest BCUT2D eigenvalue weighted by Gasteiger charge is -2.62. The standard InChI is InChI=1S/C22H36O4.C2H6/c1-20(2,25)26-16-11-13-7-5-6-9-21(13,3)14-8-10-22(4)17(24)12-15(23)19(22)18(14)16;1-2/h13-16,18-19,23,25H,5-12H2,1-4H3;1-2H3/t13?,14?,15-,16+,18?,19?,21+,22-;/m1./s1. The van der Waals surface area contributed by atoms with Crippen molar-refractivity contribution in [2.75, 3.05) is 0 Å². The topological polar surface area (TPSA) is 66.8 Å². The molecule has 4 heteroatoms. The zero-order valence-corrected chi connectivity index (χ0v) is 18.8. The molecule has 0 heterocycles. The van der Waals surface area contributed by atoms with Crippen LogP contribution in [-0.4, -0.2) is 34.0 Å². The first kappa shape index (κ1) is 22.2. The number of aliphatic hydroxyl groups excluding tert-OH is 1. The van der Waals surface area contributed by atoms with Crippen LogP contribution in [0.3, 0.4) is 0 Å². The Morgan fingerprint density at radius 2 is 1.79 bits per heavy atom. The second-order valence-electron chi connectivity index (χ2n) is 10.6. The van der Waals surface area contributed by atoms with Crippen molar-refractivity contribution < 1.29 is 19.7 Å². The van der Waals surface area contributed by atoms with Gasteiger partial charge in [0.1, 0.15) is 5.78 Å². The monoisotopic (exact) mass is 394 g/mol. The molecule has 4 saturated carbocycles. The van der Waals surface area contributed by atoms with Gasteiger partial charge < -0.3 is 14.9 Å². The quantitative estimate of drug-likeness (QED) is 0.666. The molecule has 8 atom stereocenters. The van der Waals surface area contributed by atoms with E-state index in [1.165, 1.54) is 25.7 Å². The summed E-state index contributed by atoms with van der Waals surface area (Å²) in [7, 11) is 0. The van der Waals surface area contributed by atoms with Crippen LogP contribution in [0.4, 0.5) is 0 Å². The Morgan fingerprint density at radius 1 is 1.11 bits per heavy atom. The highest BCUT2D eigenvalue weighted by molar-refractivity contribution is 5.88. The molecule has 4 fully saturated rings. The summed E-state index contributed by atoms with van der Waals surface area (Å²) in [5.74, 6) is 0.295. The van der Waals surface area contributed by atoms with E-state index in [0.29, 0.717) is 18.3 Å². The van der Waals surface area contributed by atoms with Crippen LogP contribution < -0.4 is 0 Å². The summed E-state index contributed by atoms with van der Waals surface area (Å²) in [5.41, 5.74) is -0.130. The van der Waals surface area contributed by atoms with Gasteiger partial charge in [-0.05, 0) is 69.1 Å². The number of ketones is 1. The van der Waals surface area contributed by atoms with E-state index < -0.39 is 17.3 Å². The number of aliphatic hydroxyl groups is 2. The second-order valence-corrected chi connectivity index (χ2v) is 10.6. The fraction of sp³-hybridized carbons (Fsp3) is 0.958. The van der Waals surface area contributed by atoms with Crippen molar-refractivity contribution in [2.24, 2.45) is 34.5 Å². The smallest absolute Gasteiger partial charge is 0.160 e. The average molecular weight is 395 g/mol. The molecule has 4 aliphatic carbocycles. The first-order valence-corrected chi connectivity index (χ1v) is 11.7. The van der Waals surface area contributed by atoms with E-state index in [-0.39, 0.29) is 29.1 Å². The van der Waals surface area contributed by atoms with Crippen LogP contribution in [0.5, 0.6) is 0 Å². The summed E-state index contributed by atoms with van der Waals surface area (Å²) >= 11 is 0. The van der Waals surface area contributed by atoms with Gasteiger partial charge in [-0.1, -0.05) is 40.5 Å². The van der Waals surface area contributed by atoms with Crippen LogP contribution in [0.1, 0.15) is 92.9 Å². The van der Waals surface area contributed by atoms with E-state index in [4.69, 9.17) is 4.74 Å². The predicted octanol–water partition coefficient (Wildman–Crippen LogP) is 4.71. The Hall–Kier alpha value is -0.450. The maximum absolute atomic E-state index is 12.7. The number of hydrogen-bond donors (Lipinski definition) is 2. The molecule has 0 bridgehead atoms. The minimum absolute atomic E-state index is 0.0270. The second kappa shape index (κ2) is 7.67. The first-order valence-electron chi connectivity index (χ1n) is 11.7. The molecule has 0 spiro atoms. The van der Waals surface area contributed by atoms with Crippen molar-refractivity contribution in [1.29, 1.82) is 0 Å². The summed E-state index contributed by atoms with van der Waals surface area (Å²) in [6.07, 6.45) is 7.64. The van der Waals surface area contributed by atoms with Gasteiger partial charge in [0.25, 0.3) is 0 Å². The van der Waals surface area contributed by atoms with Crippen LogP contribution in [-0.2, 0) is 9.53 Å². The molecule has 0 amide bonds. The van der Waals surface area contributed by atoms with E-state index >= 15 is 0 Å². The van der Waals surface area contributed by atoms with Gasteiger partial charge in [-0.3, -0.25) is 4.79 Å². The Balaban J connectivity index is 0.00000109. The van der Waals surface area contributed by atoms with Crippen LogP contribution in [0.15, 0.2) is 0 Å². The summed E-state index contributed by atoms with van der Waals surface area (Å²) in [4.78, 5) is 12.7. The molecule has 2 N–H and O–H groups in total. The molecule has 28 heavy (non-hydrogen) atoms. The van der Waals surface area contributed by atoms with Gasteiger partial charge in [0.05, 0.1) is 12.2 Å². The Morgan fingerprint density at radius 3 is 2.43 bits per heavy atom. The molecule has 0 aliphatic heterocycles. The van der Waals surface area contributed by atoms with Crippen molar-refractivity contribution in [2.45, 2.75) is 111 Å². The Bertz CT molecular complexity index is 582. The molecule has 4 rings (SSSR count). The Labute approximate surface area is 171 Å². The maximum atomic E-state index is 12.7. The SMILES string of the molecule is CC.CC(C)(O)O[C@H]1CC2CCCC[C@]2(C)C2CC[C@]3(C)C(=O)C[C@@H](O)C3C21. The highest BCUT2D eigenvalue weighted by Crippen LogP contribution is 2.66. The third-order valence-corrected chi connectivity index (χ3v) is 8.72. The van der Waals surface area contributed by atoms with E-state index in [1.54, 1.807) is 13.8 Å². The molecule has 162 valence electrons. The van der Waals surface area contributed by atoms with Crippen molar-refractivity contribution in [3.63, 3.8) is 0 Å². The highest BCUT2D eigenvalue weighted by atomic mass is 16.6. The average Bonchev–Trinajstić information content (AvgIpc) is 2.85. The molecular formula is C24H42O4. The molecule has 0 aromatic heterocycles. The van der Waals surface area contributed by atoms with Gasteiger partial charge in [-0.2, -0.15) is 0 Å². The molecule has 4 nitrogen and oxygen atoms in total. The van der Waals surface area contributed by atoms with Gasteiger partial charge in [-0.25, -0.2) is 0 Å². The number of rotatable bonds is 2. The fourth-order valence-corrected chi connectivity index (χ4v) is 7.55. The van der Waals surface area contributed by atoms with Gasteiger partial charge >= 0.3 is 0 Å². The van der Waals surface area contributed by atoms with E-state index in [2.05, 4.69) is 13.8 Å². The number of hydrogen-bond acceptors (Lipinski definition) is 4. The van der Waals surface area contributed by atoms with E-state index in [9.17, 15) is 15.0 Å². The van der Waals surface area contributed by atoms with E-state index in [0.717, 1.165) is 19.3 Å². The molecular weight excluding hydrogens is 352 g/mol. The first-order chi connectivity index (χ1) is 13.1. The zero-order chi connectivity index (χ0) is 20.9. The zero-order valence-electron chi connectivity index (χ0n) is 18.8. The maximum Gasteiger partial charge on any atom is 0.160 e. The van der Waals surface area contributed by atoms with Crippen molar-refractivity contribution in [3.8, 4) is 0 Å². The van der Waals surface area contributed by atoms with Gasteiger partial charge in [0.15, 0.2) is 5.79 Å². The summed E-state index contributed by atoms with van der Waals surface area (Å²) in [6, 6.07) is 0. The van der Waals surface area contributed by atoms with E-state index in [1.807, 2.05) is 13.8 Å². The number of carbonyl (C=O) groups is 1. The van der Waals surface area contributed by atoms with Gasteiger partial charge in [0, 0.05) is 17.8 Å². The Kier molecular flexibility index (Phi) is 6.09. The summed E-state index contributed by atoms with van der Waals surface area (Å²) < 4.78 is 6.21. The van der Waals surface area contributed by atoms with Crippen molar-refractivity contribution >= 4 is 5.78 Å². The lowest BCUT2D eigenvalue weighted by Crippen LogP contribution is -2.60. The van der Waals surface area contributed by atoms with Crippen LogP contribution in [0.2, 0.25) is 0 Å². The molecule has 0 saturated heterocycles. The summed E-state index contributed by atoms with van der Waals surface area (Å²) in [5, 5.41) is 21.2. The molecule has 0 radical (unpaired) electrons. The fourth-order valence-electron chi connectivity index (χ4n) is 7.55. The van der Waals surface area contributed by atoms with Crippen LogP contribution in [0, 0.1) is 34.5 Å². The van der Waals surface area contributed by atoms with Crippen molar-refractivity contribution in [3.05, 3.63) is 0 Å².